The summed E-state index contributed by atoms with van der Waals surface area (Å²) in [4.78, 5) is 12.6. The van der Waals surface area contributed by atoms with E-state index in [9.17, 15) is 13.2 Å². The fraction of sp³-hybridized carbons (Fsp3) is 0.381. The summed E-state index contributed by atoms with van der Waals surface area (Å²) in [6.45, 7) is 5.05. The van der Waals surface area contributed by atoms with E-state index in [1.165, 1.54) is 16.4 Å². The number of Topliss-reactive ketones (excluding diaryl/α,β-unsaturated/α-hetero) is 1. The number of carbonyl (C=O) groups excluding carboxylic acids is 1. The van der Waals surface area contributed by atoms with Crippen molar-refractivity contribution in [1.29, 1.82) is 0 Å². The van der Waals surface area contributed by atoms with E-state index in [1.54, 1.807) is 12.1 Å². The van der Waals surface area contributed by atoms with Crippen molar-refractivity contribution in [1.82, 2.24) is 9.62 Å². The second-order valence-corrected chi connectivity index (χ2v) is 9.06. The fourth-order valence-corrected chi connectivity index (χ4v) is 4.96. The molecule has 2 unspecified atom stereocenters. The molecule has 1 saturated heterocycles. The minimum absolute atomic E-state index is 0.141. The van der Waals surface area contributed by atoms with Gasteiger partial charge in [-0.1, -0.05) is 42.5 Å². The molecule has 2 aromatic carbocycles. The van der Waals surface area contributed by atoms with Gasteiger partial charge in [-0.2, -0.15) is 4.31 Å². The number of hydrogen-bond donors (Lipinski definition) is 1. The average molecular weight is 403 g/mol. The summed E-state index contributed by atoms with van der Waals surface area (Å²) in [5, 5.41) is 3.11. The van der Waals surface area contributed by atoms with Gasteiger partial charge in [-0.25, -0.2) is 8.42 Å². The summed E-state index contributed by atoms with van der Waals surface area (Å²) in [5.41, 5.74) is 1.47. The Morgan fingerprint density at radius 1 is 1.07 bits per heavy atom. The van der Waals surface area contributed by atoms with Gasteiger partial charge >= 0.3 is 0 Å². The lowest BCUT2D eigenvalue weighted by molar-refractivity contribution is -0.0440. The van der Waals surface area contributed by atoms with Crippen LogP contribution < -0.4 is 5.32 Å². The largest absolute Gasteiger partial charge is 0.373 e. The van der Waals surface area contributed by atoms with E-state index in [0.29, 0.717) is 25.2 Å². The van der Waals surface area contributed by atoms with Gasteiger partial charge in [-0.15, -0.1) is 0 Å². The lowest BCUT2D eigenvalue weighted by Gasteiger charge is -2.34. The maximum atomic E-state index is 13.0. The normalized spacial score (nSPS) is 20.8. The van der Waals surface area contributed by atoms with E-state index in [1.807, 2.05) is 44.2 Å². The zero-order valence-corrected chi connectivity index (χ0v) is 17.0. The minimum Gasteiger partial charge on any atom is -0.373 e. The quantitative estimate of drug-likeness (QED) is 0.720. The lowest BCUT2D eigenvalue weighted by Crippen LogP contribution is -2.48. The molecule has 1 heterocycles. The van der Waals surface area contributed by atoms with Gasteiger partial charge < -0.3 is 10.1 Å². The highest BCUT2D eigenvalue weighted by Gasteiger charge is 2.32. The first-order valence-corrected chi connectivity index (χ1v) is 10.8. The molecule has 3 rings (SSSR count). The summed E-state index contributed by atoms with van der Waals surface area (Å²) in [6.07, 6.45) is -0.323. The Hall–Kier alpha value is -2.06. The van der Waals surface area contributed by atoms with Crippen LogP contribution >= 0.6 is 0 Å². The zero-order chi connectivity index (χ0) is 20.1. The number of benzene rings is 2. The van der Waals surface area contributed by atoms with E-state index in [-0.39, 0.29) is 29.4 Å². The van der Waals surface area contributed by atoms with Crippen LogP contribution in [0.25, 0.3) is 0 Å². The smallest absolute Gasteiger partial charge is 0.243 e. The first-order chi connectivity index (χ1) is 13.4. The predicted octanol–water partition coefficient (Wildman–Crippen LogP) is 2.46. The van der Waals surface area contributed by atoms with Gasteiger partial charge in [0.05, 0.1) is 23.6 Å². The van der Waals surface area contributed by atoms with Gasteiger partial charge in [0.1, 0.15) is 0 Å². The molecule has 2 aromatic rings. The molecule has 1 fully saturated rings. The summed E-state index contributed by atoms with van der Waals surface area (Å²) in [6, 6.07) is 16.1. The number of sulfonamides is 1. The third-order valence-corrected chi connectivity index (χ3v) is 6.47. The highest BCUT2D eigenvalue weighted by molar-refractivity contribution is 7.89. The van der Waals surface area contributed by atoms with Crippen molar-refractivity contribution in [2.75, 3.05) is 19.6 Å². The van der Waals surface area contributed by atoms with Gasteiger partial charge in [-0.05, 0) is 31.5 Å². The molecule has 28 heavy (non-hydrogen) atoms. The molecule has 2 atom stereocenters. The number of nitrogens with zero attached hydrogens (tertiary/aromatic N) is 1. The van der Waals surface area contributed by atoms with Crippen LogP contribution in [-0.4, -0.2) is 50.3 Å². The number of rotatable bonds is 7. The van der Waals surface area contributed by atoms with Crippen LogP contribution in [-0.2, 0) is 21.3 Å². The molecule has 0 bridgehead atoms. The van der Waals surface area contributed by atoms with Crippen LogP contribution in [0.3, 0.4) is 0 Å². The van der Waals surface area contributed by atoms with Crippen molar-refractivity contribution in [3.8, 4) is 0 Å². The Labute approximate surface area is 166 Å². The Kier molecular flexibility index (Phi) is 6.61. The summed E-state index contributed by atoms with van der Waals surface area (Å²) in [7, 11) is -3.67. The monoisotopic (exact) mass is 402 g/mol. The van der Waals surface area contributed by atoms with Crippen LogP contribution in [0, 0.1) is 0 Å². The highest BCUT2D eigenvalue weighted by Crippen LogP contribution is 2.22. The molecule has 6 nitrogen and oxygen atoms in total. The minimum atomic E-state index is -3.67. The number of nitrogens with one attached hydrogen (secondary N) is 1. The third kappa shape index (κ3) is 5.05. The van der Waals surface area contributed by atoms with E-state index in [2.05, 4.69) is 5.32 Å². The SMILES string of the molecule is CC1CN(S(=O)(=O)c2cccc(C(=O)CNCc3ccccc3)c2)CC(C)O1. The van der Waals surface area contributed by atoms with Crippen molar-refractivity contribution < 1.29 is 17.9 Å². The first-order valence-electron chi connectivity index (χ1n) is 9.40. The summed E-state index contributed by atoms with van der Waals surface area (Å²) in [5.74, 6) is -0.142. The zero-order valence-electron chi connectivity index (χ0n) is 16.2. The van der Waals surface area contributed by atoms with Crippen molar-refractivity contribution >= 4 is 15.8 Å². The molecule has 150 valence electrons. The molecule has 0 aliphatic carbocycles. The first kappa shape index (κ1) is 20.7. The molecule has 0 radical (unpaired) electrons. The van der Waals surface area contributed by atoms with E-state index >= 15 is 0 Å². The summed E-state index contributed by atoms with van der Waals surface area (Å²) >= 11 is 0. The third-order valence-electron chi connectivity index (χ3n) is 4.64. The van der Waals surface area contributed by atoms with Crippen molar-refractivity contribution in [2.24, 2.45) is 0 Å². The lowest BCUT2D eigenvalue weighted by atomic mass is 10.1. The molecule has 1 N–H and O–H groups in total. The standard InChI is InChI=1S/C21H26N2O4S/c1-16-14-23(15-17(2)27-16)28(25,26)20-10-6-9-19(11-20)21(24)13-22-12-18-7-4-3-5-8-18/h3-11,16-17,22H,12-15H2,1-2H3. The van der Waals surface area contributed by atoms with Crippen LogP contribution in [0.15, 0.2) is 59.5 Å². The Bertz CT molecular complexity index is 905. The molecule has 0 amide bonds. The number of morpholine rings is 1. The molecular weight excluding hydrogens is 376 g/mol. The second-order valence-electron chi connectivity index (χ2n) is 7.12. The molecular formula is C21H26N2O4S. The van der Waals surface area contributed by atoms with Gasteiger partial charge in [0.15, 0.2) is 5.78 Å². The molecule has 7 heteroatoms. The van der Waals surface area contributed by atoms with Crippen LogP contribution in [0.1, 0.15) is 29.8 Å². The Balaban J connectivity index is 1.68. The Morgan fingerprint density at radius 3 is 2.43 bits per heavy atom. The van der Waals surface area contributed by atoms with Crippen LogP contribution in [0.2, 0.25) is 0 Å². The number of hydrogen-bond acceptors (Lipinski definition) is 5. The second kappa shape index (κ2) is 8.96. The van der Waals surface area contributed by atoms with Gasteiger partial charge in [0, 0.05) is 25.2 Å². The predicted molar refractivity (Wildman–Crippen MR) is 108 cm³/mol. The van der Waals surface area contributed by atoms with Gasteiger partial charge in [-0.3, -0.25) is 4.79 Å². The van der Waals surface area contributed by atoms with Crippen molar-refractivity contribution in [2.45, 2.75) is 37.5 Å². The molecule has 0 aromatic heterocycles. The van der Waals surface area contributed by atoms with Crippen LogP contribution in [0.4, 0.5) is 0 Å². The van der Waals surface area contributed by atoms with E-state index in [4.69, 9.17) is 4.74 Å². The topological polar surface area (TPSA) is 75.7 Å². The average Bonchev–Trinajstić information content (AvgIpc) is 2.68. The van der Waals surface area contributed by atoms with E-state index < -0.39 is 10.0 Å². The number of carbonyl (C=O) groups is 1. The molecule has 1 aliphatic heterocycles. The summed E-state index contributed by atoms with van der Waals surface area (Å²) < 4.78 is 33.0. The number of ether oxygens (including phenoxy) is 1. The van der Waals surface area contributed by atoms with Gasteiger partial charge in [0.2, 0.25) is 10.0 Å². The highest BCUT2D eigenvalue weighted by atomic mass is 32.2. The van der Waals surface area contributed by atoms with Crippen molar-refractivity contribution in [3.05, 3.63) is 65.7 Å². The number of ketones is 1. The fourth-order valence-electron chi connectivity index (χ4n) is 3.32. The van der Waals surface area contributed by atoms with E-state index in [0.717, 1.165) is 5.56 Å². The van der Waals surface area contributed by atoms with Gasteiger partial charge in [0.25, 0.3) is 0 Å². The molecule has 1 aliphatic rings. The maximum absolute atomic E-state index is 13.0. The molecule has 0 spiro atoms. The van der Waals surface area contributed by atoms with Crippen molar-refractivity contribution in [3.63, 3.8) is 0 Å². The Morgan fingerprint density at radius 2 is 1.75 bits per heavy atom. The maximum Gasteiger partial charge on any atom is 0.243 e. The van der Waals surface area contributed by atoms with Crippen LogP contribution in [0.5, 0.6) is 0 Å². The molecule has 0 saturated carbocycles.